The number of likely N-dealkylation sites (tertiary alicyclic amines) is 1. The minimum atomic E-state index is -0.429. The maximum absolute atomic E-state index is 12.7. The molecule has 2 aliphatic heterocycles. The van der Waals surface area contributed by atoms with E-state index >= 15 is 0 Å². The Morgan fingerprint density at radius 2 is 2.24 bits per heavy atom. The molecule has 1 amide bonds. The lowest BCUT2D eigenvalue weighted by molar-refractivity contribution is -0.179. The van der Waals surface area contributed by atoms with Gasteiger partial charge in [0.2, 0.25) is 5.91 Å². The molecule has 6 heteroatoms. The van der Waals surface area contributed by atoms with Gasteiger partial charge in [-0.3, -0.25) is 4.79 Å². The van der Waals surface area contributed by atoms with E-state index < -0.39 is 11.7 Å². The lowest BCUT2D eigenvalue weighted by Gasteiger charge is -2.46. The fraction of sp³-hybridized carbons (Fsp3) is 0.579. The molecule has 25 heavy (non-hydrogen) atoms. The number of aromatic amines is 1. The predicted octanol–water partition coefficient (Wildman–Crippen LogP) is 1.95. The van der Waals surface area contributed by atoms with Gasteiger partial charge >= 0.3 is 0 Å². The molecule has 2 aliphatic rings. The lowest BCUT2D eigenvalue weighted by atomic mass is 9.82. The third-order valence-electron chi connectivity index (χ3n) is 5.60. The molecule has 0 radical (unpaired) electrons. The Morgan fingerprint density at radius 1 is 1.44 bits per heavy atom. The molecule has 6 nitrogen and oxygen atoms in total. The minimum absolute atomic E-state index is 0.135. The van der Waals surface area contributed by atoms with Gasteiger partial charge in [-0.15, -0.1) is 0 Å². The number of aliphatic hydroxyl groups excluding tert-OH is 1. The summed E-state index contributed by atoms with van der Waals surface area (Å²) in [5.74, 6) is 1.02. The summed E-state index contributed by atoms with van der Waals surface area (Å²) in [5.41, 5.74) is 2.47. The number of carbonyl (C=O) groups is 1. The number of aryl methyl sites for hydroxylation is 1. The molecule has 2 fully saturated rings. The van der Waals surface area contributed by atoms with Crippen LogP contribution < -0.4 is 0 Å². The molecule has 0 unspecified atom stereocenters. The van der Waals surface area contributed by atoms with Gasteiger partial charge in [0, 0.05) is 19.7 Å². The number of hydrogen-bond donors (Lipinski definition) is 2. The average Bonchev–Trinajstić information content (AvgIpc) is 2.97. The molecule has 134 valence electrons. The van der Waals surface area contributed by atoms with Crippen LogP contribution in [-0.2, 0) is 16.0 Å². The molecule has 1 atom stereocenters. The van der Waals surface area contributed by atoms with Gasteiger partial charge in [-0.1, -0.05) is 6.07 Å². The van der Waals surface area contributed by atoms with Gasteiger partial charge in [-0.2, -0.15) is 0 Å². The molecule has 0 saturated carbocycles. The Hall–Kier alpha value is -1.92. The van der Waals surface area contributed by atoms with Gasteiger partial charge in [0.25, 0.3) is 0 Å². The van der Waals surface area contributed by atoms with Crippen LogP contribution in [0.3, 0.4) is 0 Å². The van der Waals surface area contributed by atoms with Gasteiger partial charge in [0.05, 0.1) is 29.2 Å². The minimum Gasteiger partial charge on any atom is -0.390 e. The second-order valence-electron chi connectivity index (χ2n) is 7.30. The molecule has 2 saturated heterocycles. The average molecular weight is 343 g/mol. The number of imidazole rings is 1. The van der Waals surface area contributed by atoms with E-state index in [0.29, 0.717) is 26.1 Å². The van der Waals surface area contributed by atoms with Crippen molar-refractivity contribution in [2.75, 3.05) is 19.7 Å². The second-order valence-corrected chi connectivity index (χ2v) is 7.30. The van der Waals surface area contributed by atoms with Gasteiger partial charge in [0.1, 0.15) is 5.82 Å². The van der Waals surface area contributed by atoms with Crippen molar-refractivity contribution < 1.29 is 14.6 Å². The zero-order valence-electron chi connectivity index (χ0n) is 14.6. The molecule has 4 rings (SSSR count). The highest BCUT2D eigenvalue weighted by Crippen LogP contribution is 2.35. The molecular formula is C19H25N3O3. The van der Waals surface area contributed by atoms with E-state index in [1.165, 1.54) is 0 Å². The Labute approximate surface area is 147 Å². The number of carbonyl (C=O) groups excluding carboxylic acids is 1. The summed E-state index contributed by atoms with van der Waals surface area (Å²) < 4.78 is 5.92. The molecule has 0 bridgehead atoms. The summed E-state index contributed by atoms with van der Waals surface area (Å²) in [5, 5.41) is 10.3. The smallest absolute Gasteiger partial charge is 0.226 e. The molecular weight excluding hydrogens is 318 g/mol. The number of fused-ring (bicyclic) bond motifs is 1. The number of amides is 1. The number of benzene rings is 1. The van der Waals surface area contributed by atoms with Crippen LogP contribution in [0.1, 0.15) is 37.1 Å². The first-order chi connectivity index (χ1) is 12.1. The van der Waals surface area contributed by atoms with Crippen molar-refractivity contribution in [2.45, 2.75) is 50.7 Å². The van der Waals surface area contributed by atoms with Crippen LogP contribution in [0.5, 0.6) is 0 Å². The van der Waals surface area contributed by atoms with Crippen molar-refractivity contribution in [1.82, 2.24) is 14.9 Å². The van der Waals surface area contributed by atoms with E-state index in [-0.39, 0.29) is 5.91 Å². The van der Waals surface area contributed by atoms with E-state index in [9.17, 15) is 9.90 Å². The Bertz CT molecular complexity index is 777. The van der Waals surface area contributed by atoms with E-state index in [2.05, 4.69) is 9.97 Å². The highest BCUT2D eigenvalue weighted by atomic mass is 16.5. The van der Waals surface area contributed by atoms with Crippen LogP contribution in [0, 0.1) is 6.92 Å². The van der Waals surface area contributed by atoms with Crippen LogP contribution in [0.15, 0.2) is 18.2 Å². The Kier molecular flexibility index (Phi) is 4.25. The van der Waals surface area contributed by atoms with E-state index in [1.807, 2.05) is 30.0 Å². The topological polar surface area (TPSA) is 78.5 Å². The van der Waals surface area contributed by atoms with Crippen molar-refractivity contribution in [3.63, 3.8) is 0 Å². The first-order valence-electron chi connectivity index (χ1n) is 9.11. The van der Waals surface area contributed by atoms with Crippen LogP contribution in [0.25, 0.3) is 11.0 Å². The first-order valence-corrected chi connectivity index (χ1v) is 9.11. The summed E-state index contributed by atoms with van der Waals surface area (Å²) in [4.78, 5) is 22.2. The standard InChI is InChI=1S/C19H25N3O3/c1-13-20-15-5-4-14(11-16(15)21-13)12-18(24)22-8-6-19(7-9-22)17(23)3-2-10-25-19/h4-5,11,17,23H,2-3,6-10,12H2,1H3,(H,20,21)/t17-/m0/s1. The molecule has 2 N–H and O–H groups in total. The number of aromatic nitrogens is 2. The third kappa shape index (κ3) is 3.16. The number of aliphatic hydroxyl groups is 1. The molecule has 3 heterocycles. The fourth-order valence-electron chi connectivity index (χ4n) is 4.10. The highest BCUT2D eigenvalue weighted by Gasteiger charge is 2.44. The van der Waals surface area contributed by atoms with Crippen molar-refractivity contribution in [1.29, 1.82) is 0 Å². The summed E-state index contributed by atoms with van der Waals surface area (Å²) in [6, 6.07) is 5.94. The number of rotatable bonds is 2. The normalized spacial score (nSPS) is 23.3. The van der Waals surface area contributed by atoms with Gasteiger partial charge in [-0.25, -0.2) is 4.98 Å². The summed E-state index contributed by atoms with van der Waals surface area (Å²) in [6.07, 6.45) is 3.16. The van der Waals surface area contributed by atoms with Crippen molar-refractivity contribution in [3.05, 3.63) is 29.6 Å². The monoisotopic (exact) mass is 343 g/mol. The van der Waals surface area contributed by atoms with Crippen LogP contribution in [0.2, 0.25) is 0 Å². The van der Waals surface area contributed by atoms with E-state index in [0.717, 1.165) is 48.1 Å². The van der Waals surface area contributed by atoms with Gasteiger partial charge in [-0.05, 0) is 50.3 Å². The summed E-state index contributed by atoms with van der Waals surface area (Å²) in [7, 11) is 0. The predicted molar refractivity (Wildman–Crippen MR) is 94.3 cm³/mol. The van der Waals surface area contributed by atoms with Crippen LogP contribution in [-0.4, -0.2) is 57.3 Å². The number of hydrogen-bond acceptors (Lipinski definition) is 4. The maximum Gasteiger partial charge on any atom is 0.226 e. The Balaban J connectivity index is 1.40. The molecule has 0 aliphatic carbocycles. The summed E-state index contributed by atoms with van der Waals surface area (Å²) in [6.45, 7) is 3.95. The largest absolute Gasteiger partial charge is 0.390 e. The molecule has 1 aromatic heterocycles. The van der Waals surface area contributed by atoms with Crippen LogP contribution in [0.4, 0.5) is 0 Å². The van der Waals surface area contributed by atoms with E-state index in [1.54, 1.807) is 0 Å². The SMILES string of the molecule is Cc1nc2ccc(CC(=O)N3CCC4(CC3)OCCC[C@@H]4O)cc2[nH]1. The molecule has 1 spiro atoms. The molecule has 1 aromatic carbocycles. The number of ether oxygens (including phenoxy) is 1. The highest BCUT2D eigenvalue weighted by molar-refractivity contribution is 5.82. The van der Waals surface area contributed by atoms with Crippen molar-refractivity contribution in [3.8, 4) is 0 Å². The zero-order chi connectivity index (χ0) is 17.4. The fourth-order valence-corrected chi connectivity index (χ4v) is 4.10. The van der Waals surface area contributed by atoms with Gasteiger partial charge in [0.15, 0.2) is 0 Å². The van der Waals surface area contributed by atoms with E-state index in [4.69, 9.17) is 4.74 Å². The second kappa shape index (κ2) is 6.42. The maximum atomic E-state index is 12.7. The number of H-pyrrole nitrogens is 1. The van der Waals surface area contributed by atoms with Crippen molar-refractivity contribution >= 4 is 16.9 Å². The van der Waals surface area contributed by atoms with Crippen molar-refractivity contribution in [2.24, 2.45) is 0 Å². The quantitative estimate of drug-likeness (QED) is 0.874. The lowest BCUT2D eigenvalue weighted by Crippen LogP contribution is -2.56. The number of nitrogens with zero attached hydrogens (tertiary/aromatic N) is 2. The third-order valence-corrected chi connectivity index (χ3v) is 5.60. The molecule has 2 aromatic rings. The van der Waals surface area contributed by atoms with Gasteiger partial charge < -0.3 is 19.7 Å². The Morgan fingerprint density at radius 3 is 3.00 bits per heavy atom. The first kappa shape index (κ1) is 16.5. The summed E-state index contributed by atoms with van der Waals surface area (Å²) >= 11 is 0. The van der Waals surface area contributed by atoms with Crippen LogP contribution >= 0.6 is 0 Å². The number of nitrogens with one attached hydrogen (secondary N) is 1. The number of piperidine rings is 1. The zero-order valence-corrected chi connectivity index (χ0v) is 14.6.